The molecule has 0 saturated carbocycles. The van der Waals surface area contributed by atoms with E-state index in [1.54, 1.807) is 0 Å². The van der Waals surface area contributed by atoms with Crippen molar-refractivity contribution >= 4 is 11.4 Å². The van der Waals surface area contributed by atoms with Crippen molar-refractivity contribution in [2.45, 2.75) is 33.4 Å². The lowest BCUT2D eigenvalue weighted by Crippen LogP contribution is -2.09. The fourth-order valence-electron chi connectivity index (χ4n) is 1.82. The summed E-state index contributed by atoms with van der Waals surface area (Å²) in [6.07, 6.45) is 0.102. The lowest BCUT2D eigenvalue weighted by Gasteiger charge is -2.15. The molecule has 0 amide bonds. The van der Waals surface area contributed by atoms with Crippen LogP contribution in [0.5, 0.6) is 5.75 Å². The highest BCUT2D eigenvalue weighted by atomic mass is 16.5. The maximum Gasteiger partial charge on any atom is 0.144 e. The monoisotopic (exact) mass is 260 g/mol. The zero-order valence-corrected chi connectivity index (χ0v) is 11.6. The zero-order chi connectivity index (χ0) is 13.8. The number of aryl methyl sites for hydroxylation is 1. The van der Waals surface area contributed by atoms with E-state index in [1.165, 1.54) is 0 Å². The Kier molecular flexibility index (Phi) is 4.00. The highest BCUT2D eigenvalue weighted by Gasteiger charge is 2.08. The predicted octanol–water partition coefficient (Wildman–Crippen LogP) is 3.57. The first-order valence-electron chi connectivity index (χ1n) is 6.40. The van der Waals surface area contributed by atoms with Crippen LogP contribution in [-0.4, -0.2) is 6.10 Å². The summed E-state index contributed by atoms with van der Waals surface area (Å²) in [7, 11) is 0. The van der Waals surface area contributed by atoms with Crippen LogP contribution in [0.2, 0.25) is 0 Å². The Labute approximate surface area is 113 Å². The molecule has 0 spiro atoms. The van der Waals surface area contributed by atoms with Crippen molar-refractivity contribution in [1.29, 1.82) is 0 Å². The van der Waals surface area contributed by atoms with Gasteiger partial charge in [-0.05, 0) is 45.0 Å². The van der Waals surface area contributed by atoms with E-state index in [-0.39, 0.29) is 6.10 Å². The van der Waals surface area contributed by atoms with Gasteiger partial charge >= 0.3 is 0 Å². The van der Waals surface area contributed by atoms with Gasteiger partial charge in [0.2, 0.25) is 0 Å². The largest absolute Gasteiger partial charge is 0.489 e. The molecule has 0 atom stereocenters. The van der Waals surface area contributed by atoms with E-state index in [1.807, 2.05) is 51.1 Å². The van der Waals surface area contributed by atoms with Crippen LogP contribution < -0.4 is 15.8 Å². The van der Waals surface area contributed by atoms with Crippen molar-refractivity contribution in [1.82, 2.24) is 0 Å². The third-order valence-electron chi connectivity index (χ3n) is 2.68. The number of hydrogen-bond donors (Lipinski definition) is 2. The van der Waals surface area contributed by atoms with Gasteiger partial charge in [0, 0.05) is 0 Å². The lowest BCUT2D eigenvalue weighted by molar-refractivity contribution is 0.244. The topological polar surface area (TPSA) is 60.4 Å². The molecular weight excluding hydrogens is 240 g/mol. The van der Waals surface area contributed by atoms with Crippen LogP contribution in [0.1, 0.15) is 25.4 Å². The number of ether oxygens (including phenoxy) is 1. The molecule has 2 aromatic rings. The molecule has 0 aliphatic carbocycles. The number of nitrogen functional groups attached to an aromatic ring is 1. The Balaban J connectivity index is 2.08. The van der Waals surface area contributed by atoms with Crippen LogP contribution in [0.15, 0.2) is 34.7 Å². The number of anilines is 2. The summed E-state index contributed by atoms with van der Waals surface area (Å²) in [6, 6.07) is 9.62. The molecule has 0 fully saturated rings. The van der Waals surface area contributed by atoms with Crippen LogP contribution in [0.3, 0.4) is 0 Å². The lowest BCUT2D eigenvalue weighted by atomic mass is 10.2. The minimum absolute atomic E-state index is 0.102. The van der Waals surface area contributed by atoms with Gasteiger partial charge in [-0.3, -0.25) is 0 Å². The Morgan fingerprint density at radius 2 is 2.05 bits per heavy atom. The first-order chi connectivity index (χ1) is 9.06. The molecule has 3 N–H and O–H groups in total. The van der Waals surface area contributed by atoms with Crippen molar-refractivity contribution in [2.24, 2.45) is 0 Å². The molecule has 4 heteroatoms. The Morgan fingerprint density at radius 3 is 2.68 bits per heavy atom. The van der Waals surface area contributed by atoms with Crippen LogP contribution in [0, 0.1) is 6.92 Å². The summed E-state index contributed by atoms with van der Waals surface area (Å²) in [6.45, 7) is 6.48. The first kappa shape index (κ1) is 13.3. The third-order valence-corrected chi connectivity index (χ3v) is 2.68. The van der Waals surface area contributed by atoms with Crippen LogP contribution in [-0.2, 0) is 6.54 Å². The second-order valence-corrected chi connectivity index (χ2v) is 4.75. The Bertz CT molecular complexity index is 547. The van der Waals surface area contributed by atoms with Crippen LogP contribution in [0.4, 0.5) is 11.4 Å². The highest BCUT2D eigenvalue weighted by Crippen LogP contribution is 2.30. The molecule has 0 radical (unpaired) electrons. The quantitative estimate of drug-likeness (QED) is 0.807. The summed E-state index contributed by atoms with van der Waals surface area (Å²) in [4.78, 5) is 0. The van der Waals surface area contributed by atoms with E-state index in [9.17, 15) is 0 Å². The molecule has 1 aromatic carbocycles. The second-order valence-electron chi connectivity index (χ2n) is 4.75. The predicted molar refractivity (Wildman–Crippen MR) is 77.4 cm³/mol. The van der Waals surface area contributed by atoms with Crippen molar-refractivity contribution in [3.8, 4) is 5.75 Å². The molecule has 0 saturated heterocycles. The molecule has 4 nitrogen and oxygen atoms in total. The van der Waals surface area contributed by atoms with Crippen molar-refractivity contribution in [3.63, 3.8) is 0 Å². The molecule has 1 heterocycles. The standard InChI is InChI=1S/C15H20N2O2/c1-10(2)18-14-6-4-5-13(15(14)16)17-9-12-8-7-11(3)19-12/h4-8,10,17H,9,16H2,1-3H3. The Morgan fingerprint density at radius 1 is 1.26 bits per heavy atom. The van der Waals surface area contributed by atoms with Gasteiger partial charge < -0.3 is 20.2 Å². The number of para-hydroxylation sites is 1. The van der Waals surface area contributed by atoms with Crippen molar-refractivity contribution in [2.75, 3.05) is 11.1 Å². The minimum atomic E-state index is 0.102. The van der Waals surface area contributed by atoms with Gasteiger partial charge in [0.05, 0.1) is 24.0 Å². The Hall–Kier alpha value is -2.10. The second kappa shape index (κ2) is 5.69. The first-order valence-corrected chi connectivity index (χ1v) is 6.40. The number of nitrogens with two attached hydrogens (primary N) is 1. The van der Waals surface area contributed by atoms with Crippen LogP contribution in [0.25, 0.3) is 0 Å². The third kappa shape index (κ3) is 3.44. The van der Waals surface area contributed by atoms with Crippen LogP contribution >= 0.6 is 0 Å². The smallest absolute Gasteiger partial charge is 0.144 e. The van der Waals surface area contributed by atoms with E-state index in [0.29, 0.717) is 18.0 Å². The van der Waals surface area contributed by atoms with Gasteiger partial charge in [-0.25, -0.2) is 0 Å². The van der Waals surface area contributed by atoms with Crippen molar-refractivity contribution in [3.05, 3.63) is 41.9 Å². The molecule has 1 aromatic heterocycles. The number of furan rings is 1. The fourth-order valence-corrected chi connectivity index (χ4v) is 1.82. The molecule has 102 valence electrons. The summed E-state index contributed by atoms with van der Waals surface area (Å²) >= 11 is 0. The highest BCUT2D eigenvalue weighted by molar-refractivity contribution is 5.72. The van der Waals surface area contributed by atoms with Gasteiger partial charge in [-0.15, -0.1) is 0 Å². The van der Waals surface area contributed by atoms with E-state index >= 15 is 0 Å². The van der Waals surface area contributed by atoms with E-state index in [2.05, 4.69) is 5.32 Å². The number of benzene rings is 1. The molecular formula is C15H20N2O2. The normalized spacial score (nSPS) is 10.7. The van der Waals surface area contributed by atoms with Gasteiger partial charge in [0.15, 0.2) is 0 Å². The molecule has 0 bridgehead atoms. The van der Waals surface area contributed by atoms with Gasteiger partial charge in [-0.1, -0.05) is 6.07 Å². The molecule has 19 heavy (non-hydrogen) atoms. The summed E-state index contributed by atoms with van der Waals surface area (Å²) in [5.74, 6) is 2.49. The number of nitrogens with one attached hydrogen (secondary N) is 1. The zero-order valence-electron chi connectivity index (χ0n) is 11.6. The average molecular weight is 260 g/mol. The van der Waals surface area contributed by atoms with Gasteiger partial charge in [0.25, 0.3) is 0 Å². The van der Waals surface area contributed by atoms with Crippen molar-refractivity contribution < 1.29 is 9.15 Å². The van der Waals surface area contributed by atoms with E-state index in [0.717, 1.165) is 17.2 Å². The number of hydrogen-bond acceptors (Lipinski definition) is 4. The maximum atomic E-state index is 6.08. The molecule has 0 aliphatic heterocycles. The fraction of sp³-hybridized carbons (Fsp3) is 0.333. The average Bonchev–Trinajstić information content (AvgIpc) is 2.76. The molecule has 0 unspecified atom stereocenters. The van der Waals surface area contributed by atoms with E-state index in [4.69, 9.17) is 14.9 Å². The number of rotatable bonds is 5. The maximum absolute atomic E-state index is 6.08. The summed E-state index contributed by atoms with van der Waals surface area (Å²) in [5.41, 5.74) is 7.56. The van der Waals surface area contributed by atoms with E-state index < -0.39 is 0 Å². The SMILES string of the molecule is Cc1ccc(CNc2cccc(OC(C)C)c2N)o1. The minimum Gasteiger partial charge on any atom is -0.489 e. The summed E-state index contributed by atoms with van der Waals surface area (Å²) in [5, 5.41) is 3.26. The van der Waals surface area contributed by atoms with Gasteiger partial charge in [-0.2, -0.15) is 0 Å². The van der Waals surface area contributed by atoms with Gasteiger partial charge in [0.1, 0.15) is 17.3 Å². The summed E-state index contributed by atoms with van der Waals surface area (Å²) < 4.78 is 11.2. The molecule has 2 rings (SSSR count). The molecule has 0 aliphatic rings.